The molecule has 8 nitrogen and oxygen atoms in total. The van der Waals surface area contributed by atoms with Gasteiger partial charge in [-0.25, -0.2) is 8.42 Å². The Bertz CT molecular complexity index is 1540. The molecule has 1 fully saturated rings. The summed E-state index contributed by atoms with van der Waals surface area (Å²) in [4.78, 5) is 29.3. The third-order valence-electron chi connectivity index (χ3n) is 7.70. The Balaban J connectivity index is 1.73. The minimum absolute atomic E-state index is 0.0165. The van der Waals surface area contributed by atoms with Crippen molar-refractivity contribution in [1.82, 2.24) is 10.2 Å². The molecule has 1 unspecified atom stereocenters. The molecule has 0 saturated heterocycles. The van der Waals surface area contributed by atoms with Crippen LogP contribution >= 0.6 is 27.5 Å². The molecule has 4 rings (SSSR count). The Hall–Kier alpha value is -3.08. The summed E-state index contributed by atoms with van der Waals surface area (Å²) < 4.78 is 35.1. The van der Waals surface area contributed by atoms with Gasteiger partial charge in [0.15, 0.2) is 0 Å². The van der Waals surface area contributed by atoms with Crippen LogP contribution in [-0.2, 0) is 26.2 Å². The maximum absolute atomic E-state index is 14.3. The van der Waals surface area contributed by atoms with Crippen LogP contribution in [-0.4, -0.2) is 50.9 Å². The van der Waals surface area contributed by atoms with Crippen molar-refractivity contribution in [1.29, 1.82) is 0 Å². The van der Waals surface area contributed by atoms with E-state index >= 15 is 0 Å². The number of amides is 2. The molecule has 1 aliphatic carbocycles. The molecule has 2 amide bonds. The number of benzene rings is 3. The van der Waals surface area contributed by atoms with Gasteiger partial charge in [-0.1, -0.05) is 67.3 Å². The van der Waals surface area contributed by atoms with E-state index in [1.807, 2.05) is 19.9 Å². The number of halogens is 2. The van der Waals surface area contributed by atoms with Crippen LogP contribution in [0.2, 0.25) is 5.02 Å². The van der Waals surface area contributed by atoms with Gasteiger partial charge in [-0.05, 0) is 84.1 Å². The molecule has 3 aromatic rings. The van der Waals surface area contributed by atoms with Gasteiger partial charge in [0.1, 0.15) is 18.3 Å². The minimum atomic E-state index is -4.22. The van der Waals surface area contributed by atoms with Crippen LogP contribution in [0.3, 0.4) is 0 Å². The molecule has 0 aliphatic heterocycles. The molecule has 1 aliphatic rings. The fraction of sp³-hybridized carbons (Fsp3) is 0.375. The number of carbonyl (C=O) groups is 2. The predicted octanol–water partition coefficient (Wildman–Crippen LogP) is 6.48. The number of sulfonamides is 1. The summed E-state index contributed by atoms with van der Waals surface area (Å²) in [5.74, 6) is -0.300. The highest BCUT2D eigenvalue weighted by Crippen LogP contribution is 2.31. The van der Waals surface area contributed by atoms with Crippen molar-refractivity contribution in [2.24, 2.45) is 0 Å². The Labute approximate surface area is 267 Å². The zero-order valence-corrected chi connectivity index (χ0v) is 27.7. The van der Waals surface area contributed by atoms with E-state index < -0.39 is 28.5 Å². The molecule has 3 aromatic carbocycles. The first-order valence-electron chi connectivity index (χ1n) is 14.3. The topological polar surface area (TPSA) is 96.0 Å². The lowest BCUT2D eigenvalue weighted by molar-refractivity contribution is -0.140. The minimum Gasteiger partial charge on any atom is -0.496 e. The number of nitrogens with zero attached hydrogens (tertiary/aromatic N) is 2. The predicted molar refractivity (Wildman–Crippen MR) is 173 cm³/mol. The fourth-order valence-electron chi connectivity index (χ4n) is 5.27. The molecular weight excluding hydrogens is 654 g/mol. The second-order valence-electron chi connectivity index (χ2n) is 10.7. The van der Waals surface area contributed by atoms with Crippen LogP contribution in [0.4, 0.5) is 5.69 Å². The van der Waals surface area contributed by atoms with Gasteiger partial charge in [0, 0.05) is 17.6 Å². The maximum Gasteiger partial charge on any atom is 0.264 e. The number of carbonyl (C=O) groups excluding carboxylic acids is 2. The molecule has 43 heavy (non-hydrogen) atoms. The Morgan fingerprint density at radius 2 is 1.74 bits per heavy atom. The molecule has 0 heterocycles. The Morgan fingerprint density at radius 3 is 2.35 bits per heavy atom. The van der Waals surface area contributed by atoms with Crippen molar-refractivity contribution in [2.75, 3.05) is 18.0 Å². The van der Waals surface area contributed by atoms with Gasteiger partial charge >= 0.3 is 0 Å². The Kier molecular flexibility index (Phi) is 11.1. The standard InChI is InChI=1S/C32H37BrClN3O5S/c1-4-29(32(39)35-24-10-6-7-11-24)36(20-23-9-5-8-12-28(23)34)31(38)21-37(25-15-13-22(2)14-16-25)43(40,41)26-17-18-30(42-3)27(33)19-26/h5,8-9,12-19,24,29H,4,6-7,10-11,20-21H2,1-3H3,(H,35,39). The third kappa shape index (κ3) is 7.91. The highest BCUT2D eigenvalue weighted by Gasteiger charge is 2.35. The van der Waals surface area contributed by atoms with Crippen molar-refractivity contribution in [3.05, 3.63) is 87.4 Å². The van der Waals surface area contributed by atoms with Crippen molar-refractivity contribution in [2.45, 2.75) is 69.5 Å². The van der Waals surface area contributed by atoms with Gasteiger partial charge in [0.05, 0.1) is 22.2 Å². The van der Waals surface area contributed by atoms with Crippen LogP contribution in [0.25, 0.3) is 0 Å². The average Bonchev–Trinajstić information content (AvgIpc) is 3.50. The number of hydrogen-bond acceptors (Lipinski definition) is 5. The number of anilines is 1. The van der Waals surface area contributed by atoms with E-state index in [-0.39, 0.29) is 23.4 Å². The Morgan fingerprint density at radius 1 is 1.07 bits per heavy atom. The lowest BCUT2D eigenvalue weighted by Crippen LogP contribution is -2.53. The van der Waals surface area contributed by atoms with E-state index in [0.29, 0.717) is 32.9 Å². The number of aryl methyl sites for hydroxylation is 1. The second kappa shape index (κ2) is 14.6. The van der Waals surface area contributed by atoms with Gasteiger partial charge in [-0.2, -0.15) is 0 Å². The van der Waals surface area contributed by atoms with Crippen LogP contribution in [0.1, 0.15) is 50.2 Å². The second-order valence-corrected chi connectivity index (χ2v) is 13.8. The molecule has 0 radical (unpaired) electrons. The summed E-state index contributed by atoms with van der Waals surface area (Å²) in [7, 11) is -2.73. The van der Waals surface area contributed by atoms with Gasteiger partial charge in [0.25, 0.3) is 10.0 Å². The monoisotopic (exact) mass is 689 g/mol. The molecule has 11 heteroatoms. The summed E-state index contributed by atoms with van der Waals surface area (Å²) >= 11 is 9.86. The fourth-order valence-corrected chi connectivity index (χ4v) is 7.60. The van der Waals surface area contributed by atoms with Crippen molar-refractivity contribution in [3.8, 4) is 5.75 Å². The van der Waals surface area contributed by atoms with Gasteiger partial charge in [-0.3, -0.25) is 13.9 Å². The first-order chi connectivity index (χ1) is 20.5. The van der Waals surface area contributed by atoms with Crippen LogP contribution in [0.15, 0.2) is 76.1 Å². The van der Waals surface area contributed by atoms with Crippen LogP contribution in [0.5, 0.6) is 5.75 Å². The lowest BCUT2D eigenvalue weighted by Gasteiger charge is -2.34. The zero-order valence-electron chi connectivity index (χ0n) is 24.6. The van der Waals surface area contributed by atoms with Crippen molar-refractivity contribution >= 4 is 55.1 Å². The summed E-state index contributed by atoms with van der Waals surface area (Å²) in [6.07, 6.45) is 4.25. The number of ether oxygens (including phenoxy) is 1. The molecule has 0 spiro atoms. The molecule has 1 atom stereocenters. The van der Waals surface area contributed by atoms with Gasteiger partial charge in [0.2, 0.25) is 11.8 Å². The van der Waals surface area contributed by atoms with Crippen LogP contribution in [0, 0.1) is 6.92 Å². The van der Waals surface area contributed by atoms with Gasteiger partial charge in [-0.15, -0.1) is 0 Å². The first-order valence-corrected chi connectivity index (χ1v) is 16.9. The van der Waals surface area contributed by atoms with Crippen molar-refractivity contribution < 1.29 is 22.7 Å². The molecule has 0 bridgehead atoms. The SMILES string of the molecule is CCC(C(=O)NC1CCCC1)N(Cc1ccccc1Cl)C(=O)CN(c1ccc(C)cc1)S(=O)(=O)c1ccc(OC)c(Br)c1. The van der Waals surface area contributed by atoms with Crippen LogP contribution < -0.4 is 14.4 Å². The highest BCUT2D eigenvalue weighted by molar-refractivity contribution is 9.10. The largest absolute Gasteiger partial charge is 0.496 e. The average molecular weight is 691 g/mol. The molecule has 0 aromatic heterocycles. The van der Waals surface area contributed by atoms with E-state index in [1.54, 1.807) is 48.5 Å². The van der Waals surface area contributed by atoms with E-state index in [2.05, 4.69) is 21.2 Å². The maximum atomic E-state index is 14.3. The lowest BCUT2D eigenvalue weighted by atomic mass is 10.1. The number of nitrogens with one attached hydrogen (secondary N) is 1. The number of hydrogen-bond donors (Lipinski definition) is 1. The smallest absolute Gasteiger partial charge is 0.264 e. The summed E-state index contributed by atoms with van der Waals surface area (Å²) in [6, 6.07) is 17.7. The molecule has 230 valence electrons. The first kappa shape index (κ1) is 32.8. The quantitative estimate of drug-likeness (QED) is 0.235. The molecular formula is C32H37BrClN3O5S. The number of methoxy groups -OCH3 is 1. The van der Waals surface area contributed by atoms with E-state index in [1.165, 1.54) is 24.1 Å². The third-order valence-corrected chi connectivity index (χ3v) is 10.5. The number of rotatable bonds is 12. The molecule has 1 saturated carbocycles. The summed E-state index contributed by atoms with van der Waals surface area (Å²) in [5.41, 5.74) is 1.93. The van der Waals surface area contributed by atoms with E-state index in [9.17, 15) is 18.0 Å². The zero-order chi connectivity index (χ0) is 31.1. The molecule has 1 N–H and O–H groups in total. The van der Waals surface area contributed by atoms with E-state index in [0.717, 1.165) is 35.6 Å². The van der Waals surface area contributed by atoms with Crippen molar-refractivity contribution in [3.63, 3.8) is 0 Å². The van der Waals surface area contributed by atoms with Gasteiger partial charge < -0.3 is 15.0 Å². The van der Waals surface area contributed by atoms with E-state index in [4.69, 9.17) is 16.3 Å². The normalized spacial score (nSPS) is 14.3. The summed E-state index contributed by atoms with van der Waals surface area (Å²) in [6.45, 7) is 3.27. The summed E-state index contributed by atoms with van der Waals surface area (Å²) in [5, 5.41) is 3.57. The highest BCUT2D eigenvalue weighted by atomic mass is 79.9.